The Labute approximate surface area is 87.2 Å². The van der Waals surface area contributed by atoms with E-state index in [0.29, 0.717) is 6.54 Å². The molecule has 1 unspecified atom stereocenters. The molecule has 0 bridgehead atoms. The molecular formula is C9H13N5O. The Hall–Kier alpha value is -1.69. The Kier molecular flexibility index (Phi) is 2.51. The van der Waals surface area contributed by atoms with Crippen LogP contribution in [-0.2, 0) is 13.6 Å². The number of aliphatic hydroxyl groups excluding tert-OH is 1. The van der Waals surface area contributed by atoms with E-state index in [-0.39, 0.29) is 0 Å². The summed E-state index contributed by atoms with van der Waals surface area (Å²) in [6.45, 7) is 2.27. The standard InChI is InChI=1S/C9H13N5O/c1-7(15)8-3-11-14(4-8)5-9-10-6-12-13(9)2/h3-4,6-7,15H,5H2,1-2H3. The highest BCUT2D eigenvalue weighted by molar-refractivity contribution is 5.07. The summed E-state index contributed by atoms with van der Waals surface area (Å²) in [4.78, 5) is 4.09. The van der Waals surface area contributed by atoms with Crippen LogP contribution in [0, 0.1) is 0 Å². The Morgan fingerprint density at radius 2 is 2.27 bits per heavy atom. The van der Waals surface area contributed by atoms with Crippen molar-refractivity contribution in [1.29, 1.82) is 0 Å². The van der Waals surface area contributed by atoms with E-state index in [0.717, 1.165) is 11.4 Å². The highest BCUT2D eigenvalue weighted by atomic mass is 16.3. The largest absolute Gasteiger partial charge is 0.389 e. The van der Waals surface area contributed by atoms with Gasteiger partial charge in [-0.3, -0.25) is 9.36 Å². The van der Waals surface area contributed by atoms with Crippen molar-refractivity contribution in [2.24, 2.45) is 7.05 Å². The molecule has 0 aliphatic heterocycles. The fourth-order valence-electron chi connectivity index (χ4n) is 1.29. The van der Waals surface area contributed by atoms with Crippen molar-refractivity contribution in [3.8, 4) is 0 Å². The van der Waals surface area contributed by atoms with Gasteiger partial charge in [-0.05, 0) is 6.92 Å². The van der Waals surface area contributed by atoms with Crippen LogP contribution in [0.15, 0.2) is 18.7 Å². The van der Waals surface area contributed by atoms with Crippen LogP contribution in [0.25, 0.3) is 0 Å². The van der Waals surface area contributed by atoms with Crippen molar-refractivity contribution >= 4 is 0 Å². The molecule has 0 aliphatic rings. The normalized spacial score (nSPS) is 13.0. The highest BCUT2D eigenvalue weighted by Gasteiger charge is 2.06. The molecule has 0 amide bonds. The lowest BCUT2D eigenvalue weighted by Crippen LogP contribution is -2.07. The predicted molar refractivity (Wildman–Crippen MR) is 53.0 cm³/mol. The minimum Gasteiger partial charge on any atom is -0.389 e. The Balaban J connectivity index is 2.15. The molecule has 15 heavy (non-hydrogen) atoms. The van der Waals surface area contributed by atoms with Crippen LogP contribution in [0.1, 0.15) is 24.4 Å². The molecule has 0 saturated carbocycles. The monoisotopic (exact) mass is 207 g/mol. The number of aromatic nitrogens is 5. The van der Waals surface area contributed by atoms with Gasteiger partial charge in [-0.25, -0.2) is 4.98 Å². The number of rotatable bonds is 3. The van der Waals surface area contributed by atoms with Crippen LogP contribution in [-0.4, -0.2) is 29.7 Å². The summed E-state index contributed by atoms with van der Waals surface area (Å²) in [5, 5.41) is 17.4. The highest BCUT2D eigenvalue weighted by Crippen LogP contribution is 2.10. The van der Waals surface area contributed by atoms with Crippen molar-refractivity contribution in [3.05, 3.63) is 30.1 Å². The molecular weight excluding hydrogens is 194 g/mol. The van der Waals surface area contributed by atoms with Crippen LogP contribution in [0.3, 0.4) is 0 Å². The first-order chi connectivity index (χ1) is 7.16. The predicted octanol–water partition coefficient (Wildman–Crippen LogP) is 0.113. The van der Waals surface area contributed by atoms with Gasteiger partial charge in [0, 0.05) is 18.8 Å². The molecule has 2 aromatic rings. The van der Waals surface area contributed by atoms with Crippen molar-refractivity contribution in [1.82, 2.24) is 24.5 Å². The summed E-state index contributed by atoms with van der Waals surface area (Å²) in [5.41, 5.74) is 0.803. The first-order valence-corrected chi connectivity index (χ1v) is 4.70. The number of nitrogens with zero attached hydrogens (tertiary/aromatic N) is 5. The molecule has 2 rings (SSSR count). The third-order valence-electron chi connectivity index (χ3n) is 2.24. The van der Waals surface area contributed by atoms with Gasteiger partial charge in [0.1, 0.15) is 18.7 Å². The summed E-state index contributed by atoms with van der Waals surface area (Å²) in [7, 11) is 1.83. The quantitative estimate of drug-likeness (QED) is 0.775. The minimum atomic E-state index is -0.488. The maximum atomic E-state index is 9.33. The van der Waals surface area contributed by atoms with Gasteiger partial charge in [-0.2, -0.15) is 10.2 Å². The van der Waals surface area contributed by atoms with Gasteiger partial charge in [0.15, 0.2) is 0 Å². The van der Waals surface area contributed by atoms with E-state index in [2.05, 4.69) is 15.2 Å². The van der Waals surface area contributed by atoms with E-state index in [1.807, 2.05) is 7.05 Å². The molecule has 0 radical (unpaired) electrons. The molecule has 1 atom stereocenters. The van der Waals surface area contributed by atoms with Gasteiger partial charge in [0.05, 0.1) is 12.3 Å². The van der Waals surface area contributed by atoms with Gasteiger partial charge in [-0.15, -0.1) is 0 Å². The number of aryl methyl sites for hydroxylation is 1. The van der Waals surface area contributed by atoms with E-state index in [1.54, 1.807) is 28.7 Å². The number of hydrogen-bond acceptors (Lipinski definition) is 4. The van der Waals surface area contributed by atoms with E-state index in [1.165, 1.54) is 6.33 Å². The molecule has 0 spiro atoms. The molecule has 6 heteroatoms. The summed E-state index contributed by atoms with van der Waals surface area (Å²) < 4.78 is 3.43. The van der Waals surface area contributed by atoms with Crippen LogP contribution in [0.2, 0.25) is 0 Å². The summed E-state index contributed by atoms with van der Waals surface area (Å²) in [6.07, 6.45) is 4.48. The summed E-state index contributed by atoms with van der Waals surface area (Å²) >= 11 is 0. The molecule has 0 saturated heterocycles. The average molecular weight is 207 g/mol. The zero-order valence-electron chi connectivity index (χ0n) is 8.70. The van der Waals surface area contributed by atoms with Crippen molar-refractivity contribution in [2.45, 2.75) is 19.6 Å². The smallest absolute Gasteiger partial charge is 0.148 e. The molecule has 2 aromatic heterocycles. The number of hydrogen-bond donors (Lipinski definition) is 1. The fourth-order valence-corrected chi connectivity index (χ4v) is 1.29. The van der Waals surface area contributed by atoms with E-state index in [4.69, 9.17) is 0 Å². The van der Waals surface area contributed by atoms with Gasteiger partial charge >= 0.3 is 0 Å². The average Bonchev–Trinajstić information content (AvgIpc) is 2.77. The van der Waals surface area contributed by atoms with Crippen LogP contribution < -0.4 is 0 Å². The zero-order chi connectivity index (χ0) is 10.8. The summed E-state index contributed by atoms with van der Waals surface area (Å²) in [5.74, 6) is 0.829. The van der Waals surface area contributed by atoms with Crippen molar-refractivity contribution < 1.29 is 5.11 Å². The molecule has 2 heterocycles. The first-order valence-electron chi connectivity index (χ1n) is 4.70. The van der Waals surface area contributed by atoms with Gasteiger partial charge in [0.2, 0.25) is 0 Å². The minimum absolute atomic E-state index is 0.488. The topological polar surface area (TPSA) is 68.8 Å². The van der Waals surface area contributed by atoms with E-state index >= 15 is 0 Å². The van der Waals surface area contributed by atoms with E-state index in [9.17, 15) is 5.11 Å². The zero-order valence-corrected chi connectivity index (χ0v) is 8.70. The van der Waals surface area contributed by atoms with Crippen LogP contribution in [0.5, 0.6) is 0 Å². The van der Waals surface area contributed by atoms with Crippen molar-refractivity contribution in [3.63, 3.8) is 0 Å². The van der Waals surface area contributed by atoms with Gasteiger partial charge in [-0.1, -0.05) is 0 Å². The molecule has 0 aliphatic carbocycles. The Morgan fingerprint density at radius 3 is 2.80 bits per heavy atom. The SMILES string of the molecule is CC(O)c1cnn(Cc2ncnn2C)c1. The molecule has 0 fully saturated rings. The third kappa shape index (κ3) is 2.04. The van der Waals surface area contributed by atoms with Gasteiger partial charge in [0.25, 0.3) is 0 Å². The lowest BCUT2D eigenvalue weighted by Gasteiger charge is -2.00. The molecule has 1 N–H and O–H groups in total. The fraction of sp³-hybridized carbons (Fsp3) is 0.444. The lowest BCUT2D eigenvalue weighted by molar-refractivity contribution is 0.199. The van der Waals surface area contributed by atoms with Crippen LogP contribution >= 0.6 is 0 Å². The maximum Gasteiger partial charge on any atom is 0.148 e. The summed E-state index contributed by atoms with van der Waals surface area (Å²) in [6, 6.07) is 0. The van der Waals surface area contributed by atoms with Crippen molar-refractivity contribution in [2.75, 3.05) is 0 Å². The lowest BCUT2D eigenvalue weighted by atomic mass is 10.2. The number of aliphatic hydroxyl groups is 1. The second-order valence-electron chi connectivity index (χ2n) is 3.45. The maximum absolute atomic E-state index is 9.33. The Bertz CT molecular complexity index is 445. The second kappa shape index (κ2) is 3.82. The second-order valence-corrected chi connectivity index (χ2v) is 3.45. The first kappa shape index (κ1) is 9.85. The molecule has 6 nitrogen and oxygen atoms in total. The van der Waals surface area contributed by atoms with Gasteiger partial charge < -0.3 is 5.11 Å². The Morgan fingerprint density at radius 1 is 1.47 bits per heavy atom. The third-order valence-corrected chi connectivity index (χ3v) is 2.24. The molecule has 0 aromatic carbocycles. The van der Waals surface area contributed by atoms with Crippen LogP contribution in [0.4, 0.5) is 0 Å². The molecule has 80 valence electrons. The van der Waals surface area contributed by atoms with E-state index < -0.39 is 6.10 Å².